The van der Waals surface area contributed by atoms with Crippen LogP contribution in [0.5, 0.6) is 0 Å². The van der Waals surface area contributed by atoms with Gasteiger partial charge in [0.2, 0.25) is 0 Å². The van der Waals surface area contributed by atoms with Crippen molar-refractivity contribution in [3.8, 4) is 0 Å². The second-order valence-electron chi connectivity index (χ2n) is 8.55. The lowest BCUT2D eigenvalue weighted by atomic mass is 10.0. The molecule has 8 heteroatoms. The first-order valence-electron chi connectivity index (χ1n) is 11.3. The molecular formula is C25H27N5O3. The number of fused-ring (bicyclic) bond motifs is 1. The molecule has 0 radical (unpaired) electrons. The predicted octanol–water partition coefficient (Wildman–Crippen LogP) is 2.23. The Hall–Kier alpha value is -3.36. The van der Waals surface area contributed by atoms with Gasteiger partial charge in [-0.1, -0.05) is 18.2 Å². The molecule has 0 aliphatic carbocycles. The van der Waals surface area contributed by atoms with Crippen molar-refractivity contribution in [3.05, 3.63) is 71.7 Å². The fourth-order valence-corrected chi connectivity index (χ4v) is 4.41. The summed E-state index contributed by atoms with van der Waals surface area (Å²) in [7, 11) is 2.07. The van der Waals surface area contributed by atoms with Crippen molar-refractivity contribution in [1.29, 1.82) is 0 Å². The summed E-state index contributed by atoms with van der Waals surface area (Å²) in [6.45, 7) is 4.44. The molecule has 2 aliphatic heterocycles. The number of benzene rings is 1. The molecule has 2 aliphatic rings. The molecular weight excluding hydrogens is 418 g/mol. The first-order chi connectivity index (χ1) is 16.1. The third-order valence-corrected chi connectivity index (χ3v) is 6.37. The maximum absolute atomic E-state index is 13.5. The molecule has 1 aromatic carbocycles. The fourth-order valence-electron chi connectivity index (χ4n) is 4.41. The molecule has 1 atom stereocenters. The van der Waals surface area contributed by atoms with Crippen LogP contribution in [-0.4, -0.2) is 89.4 Å². The van der Waals surface area contributed by atoms with Crippen LogP contribution < -0.4 is 0 Å². The van der Waals surface area contributed by atoms with Crippen LogP contribution in [0.25, 0.3) is 10.9 Å². The van der Waals surface area contributed by atoms with E-state index in [0.717, 1.165) is 24.0 Å². The van der Waals surface area contributed by atoms with Crippen LogP contribution in [0.3, 0.4) is 0 Å². The third kappa shape index (κ3) is 4.44. The summed E-state index contributed by atoms with van der Waals surface area (Å²) in [5.41, 5.74) is 2.68. The number of hydrogen-bond acceptors (Lipinski definition) is 6. The number of nitrogens with zero attached hydrogens (tertiary/aromatic N) is 5. The van der Waals surface area contributed by atoms with Crippen molar-refractivity contribution in [2.24, 2.45) is 0 Å². The van der Waals surface area contributed by atoms with Gasteiger partial charge in [0.15, 0.2) is 0 Å². The number of amides is 2. The molecule has 0 unspecified atom stereocenters. The lowest BCUT2D eigenvalue weighted by Crippen LogP contribution is -2.47. The van der Waals surface area contributed by atoms with Crippen molar-refractivity contribution in [2.45, 2.75) is 6.10 Å². The monoisotopic (exact) mass is 445 g/mol. The number of rotatable bonds is 3. The molecule has 8 nitrogen and oxygen atoms in total. The standard InChI is InChI=1S/C25H27N5O3/c1-28-10-12-29(13-11-28)25(32)20-16-22(27-21-5-3-2-4-19(20)21)23-17-30(14-15-33-23)24(31)18-6-8-26-9-7-18/h2-9,16,23H,10-15,17H2,1H3/t23-/m1/s1. The maximum Gasteiger partial charge on any atom is 0.254 e. The number of hydrogen-bond donors (Lipinski definition) is 0. The number of aromatic nitrogens is 2. The topological polar surface area (TPSA) is 78.9 Å². The average molecular weight is 446 g/mol. The third-order valence-electron chi connectivity index (χ3n) is 6.37. The average Bonchev–Trinajstić information content (AvgIpc) is 2.88. The molecule has 2 amide bonds. The number of pyridine rings is 2. The van der Waals surface area contributed by atoms with E-state index < -0.39 is 6.10 Å². The molecule has 0 saturated carbocycles. The Morgan fingerprint density at radius 2 is 1.70 bits per heavy atom. The number of piperazine rings is 1. The molecule has 4 heterocycles. The van der Waals surface area contributed by atoms with Gasteiger partial charge in [0, 0.05) is 56.1 Å². The lowest BCUT2D eigenvalue weighted by Gasteiger charge is -2.34. The van der Waals surface area contributed by atoms with Crippen molar-refractivity contribution >= 4 is 22.7 Å². The summed E-state index contributed by atoms with van der Waals surface area (Å²) < 4.78 is 6.02. The first-order valence-corrected chi connectivity index (χ1v) is 11.3. The van der Waals surface area contributed by atoms with E-state index >= 15 is 0 Å². The number of morpholine rings is 1. The normalized spacial score (nSPS) is 19.6. The van der Waals surface area contributed by atoms with E-state index in [4.69, 9.17) is 9.72 Å². The Kier molecular flexibility index (Phi) is 6.02. The minimum Gasteiger partial charge on any atom is -0.368 e. The lowest BCUT2D eigenvalue weighted by molar-refractivity contribution is -0.0246. The van der Waals surface area contributed by atoms with Crippen LogP contribution in [0.1, 0.15) is 32.5 Å². The number of carbonyl (C=O) groups is 2. The number of para-hydroxylation sites is 1. The van der Waals surface area contributed by atoms with Crippen molar-refractivity contribution < 1.29 is 14.3 Å². The Balaban J connectivity index is 1.44. The van der Waals surface area contributed by atoms with Crippen molar-refractivity contribution in [3.63, 3.8) is 0 Å². The summed E-state index contributed by atoms with van der Waals surface area (Å²) in [6.07, 6.45) is 2.84. The molecule has 3 aromatic rings. The minimum absolute atomic E-state index is 0.0171. The fraction of sp³-hybridized carbons (Fsp3) is 0.360. The highest BCUT2D eigenvalue weighted by Crippen LogP contribution is 2.27. The van der Waals surface area contributed by atoms with Crippen LogP contribution >= 0.6 is 0 Å². The van der Waals surface area contributed by atoms with Crippen LogP contribution in [0, 0.1) is 0 Å². The highest BCUT2D eigenvalue weighted by molar-refractivity contribution is 6.06. The second kappa shape index (κ2) is 9.25. The van der Waals surface area contributed by atoms with Gasteiger partial charge in [-0.3, -0.25) is 14.6 Å². The number of carbonyl (C=O) groups excluding carboxylic acids is 2. The quantitative estimate of drug-likeness (QED) is 0.615. The van der Waals surface area contributed by atoms with Crippen molar-refractivity contribution in [1.82, 2.24) is 24.7 Å². The molecule has 0 bridgehead atoms. The van der Waals surface area contributed by atoms with Crippen LogP contribution in [0.2, 0.25) is 0 Å². The molecule has 0 spiro atoms. The molecule has 33 heavy (non-hydrogen) atoms. The summed E-state index contributed by atoms with van der Waals surface area (Å²) in [4.78, 5) is 41.2. The van der Waals surface area contributed by atoms with Gasteiger partial charge in [-0.25, -0.2) is 4.98 Å². The van der Waals surface area contributed by atoms with E-state index in [9.17, 15) is 9.59 Å². The summed E-state index contributed by atoms with van der Waals surface area (Å²) >= 11 is 0. The van der Waals surface area contributed by atoms with E-state index in [1.165, 1.54) is 0 Å². The van der Waals surface area contributed by atoms with E-state index in [-0.39, 0.29) is 11.8 Å². The highest BCUT2D eigenvalue weighted by atomic mass is 16.5. The number of likely N-dealkylation sites (N-methyl/N-ethyl adjacent to an activating group) is 1. The van der Waals surface area contributed by atoms with E-state index in [0.29, 0.717) is 49.6 Å². The van der Waals surface area contributed by atoms with Gasteiger partial charge in [-0.05, 0) is 31.3 Å². The Labute approximate surface area is 192 Å². The van der Waals surface area contributed by atoms with Crippen LogP contribution in [0.15, 0.2) is 54.9 Å². The summed E-state index contributed by atoms with van der Waals surface area (Å²) in [6, 6.07) is 13.0. The van der Waals surface area contributed by atoms with Gasteiger partial charge >= 0.3 is 0 Å². The van der Waals surface area contributed by atoms with E-state index in [1.54, 1.807) is 29.4 Å². The molecule has 0 N–H and O–H groups in total. The zero-order valence-electron chi connectivity index (χ0n) is 18.7. The summed E-state index contributed by atoms with van der Waals surface area (Å²) in [5, 5.41) is 0.839. The zero-order chi connectivity index (χ0) is 22.8. The zero-order valence-corrected chi connectivity index (χ0v) is 18.7. The number of ether oxygens (including phenoxy) is 1. The highest BCUT2D eigenvalue weighted by Gasteiger charge is 2.29. The molecule has 170 valence electrons. The minimum atomic E-state index is -0.395. The SMILES string of the molecule is CN1CCN(C(=O)c2cc([C@H]3CN(C(=O)c4ccncc4)CCO3)nc3ccccc23)CC1. The molecule has 5 rings (SSSR count). The smallest absolute Gasteiger partial charge is 0.254 e. The second-order valence-corrected chi connectivity index (χ2v) is 8.55. The van der Waals surface area contributed by atoms with Gasteiger partial charge in [-0.15, -0.1) is 0 Å². The van der Waals surface area contributed by atoms with Crippen LogP contribution in [0.4, 0.5) is 0 Å². The van der Waals surface area contributed by atoms with Crippen molar-refractivity contribution in [2.75, 3.05) is 52.9 Å². The van der Waals surface area contributed by atoms with E-state index in [1.807, 2.05) is 35.2 Å². The largest absolute Gasteiger partial charge is 0.368 e. The van der Waals surface area contributed by atoms with E-state index in [2.05, 4.69) is 16.9 Å². The molecule has 2 fully saturated rings. The van der Waals surface area contributed by atoms with Gasteiger partial charge in [-0.2, -0.15) is 0 Å². The molecule has 2 saturated heterocycles. The molecule has 2 aromatic heterocycles. The van der Waals surface area contributed by atoms with Crippen LogP contribution in [-0.2, 0) is 4.74 Å². The van der Waals surface area contributed by atoms with Gasteiger partial charge in [0.05, 0.1) is 29.9 Å². The first kappa shape index (κ1) is 21.5. The van der Waals surface area contributed by atoms with Gasteiger partial charge < -0.3 is 19.4 Å². The Bertz CT molecular complexity index is 1160. The van der Waals surface area contributed by atoms with Gasteiger partial charge in [0.25, 0.3) is 11.8 Å². The Morgan fingerprint density at radius 3 is 2.48 bits per heavy atom. The predicted molar refractivity (Wildman–Crippen MR) is 124 cm³/mol. The maximum atomic E-state index is 13.5. The Morgan fingerprint density at radius 1 is 0.939 bits per heavy atom. The summed E-state index contributed by atoms with van der Waals surface area (Å²) in [5.74, 6) is -0.0382. The van der Waals surface area contributed by atoms with Gasteiger partial charge in [0.1, 0.15) is 6.10 Å².